The van der Waals surface area contributed by atoms with Crippen molar-refractivity contribution in [3.8, 4) is 0 Å². The number of nitrogens with zero attached hydrogens (tertiary/aromatic N) is 3. The van der Waals surface area contributed by atoms with E-state index in [4.69, 9.17) is 5.10 Å². The Morgan fingerprint density at radius 2 is 1.19 bits per heavy atom. The monoisotopic (exact) mass is 469 g/mol. The van der Waals surface area contributed by atoms with Crippen LogP contribution in [0.4, 0.5) is 10.0 Å². The van der Waals surface area contributed by atoms with Crippen LogP contribution in [-0.2, 0) is 0 Å². The second-order valence-electron chi connectivity index (χ2n) is 10.1. The topological polar surface area (TPSA) is 18.8 Å². The first-order chi connectivity index (χ1) is 15.9. The zero-order valence-electron chi connectivity index (χ0n) is 19.4. The third-order valence-corrected chi connectivity index (χ3v) is 9.64. The molecule has 3 aliphatic rings. The molecule has 0 saturated heterocycles. The van der Waals surface area contributed by atoms with Crippen LogP contribution in [0, 0.1) is 5.92 Å². The third kappa shape index (κ3) is 5.41. The van der Waals surface area contributed by atoms with Gasteiger partial charge in [0, 0.05) is 24.3 Å². The highest BCUT2D eigenvalue weighted by Crippen LogP contribution is 2.40. The lowest BCUT2D eigenvalue weighted by Crippen LogP contribution is -2.42. The van der Waals surface area contributed by atoms with Gasteiger partial charge in [0.05, 0.1) is 10.0 Å². The fourth-order valence-corrected chi connectivity index (χ4v) is 7.83. The van der Waals surface area contributed by atoms with Crippen molar-refractivity contribution >= 4 is 38.9 Å². The minimum Gasteiger partial charge on any atom is -0.322 e. The van der Waals surface area contributed by atoms with Crippen LogP contribution in [0.3, 0.4) is 0 Å². The molecule has 3 saturated carbocycles. The van der Waals surface area contributed by atoms with Gasteiger partial charge in [-0.25, -0.2) is 0 Å². The van der Waals surface area contributed by atoms with E-state index in [9.17, 15) is 0 Å². The molecule has 2 aromatic heterocycles. The maximum atomic E-state index is 5.26. The molecule has 5 rings (SSSR count). The van der Waals surface area contributed by atoms with E-state index in [-0.39, 0.29) is 0 Å². The summed E-state index contributed by atoms with van der Waals surface area (Å²) in [5.41, 5.74) is 0. The number of hydrogen-bond donors (Lipinski definition) is 0. The van der Waals surface area contributed by atoms with Crippen LogP contribution in [0.2, 0.25) is 0 Å². The van der Waals surface area contributed by atoms with Crippen molar-refractivity contribution in [1.82, 2.24) is 5.01 Å². The smallest absolute Gasteiger partial charge is 0.0961 e. The molecule has 0 aliphatic heterocycles. The van der Waals surface area contributed by atoms with Crippen LogP contribution in [-0.4, -0.2) is 29.3 Å². The first kappa shape index (κ1) is 22.5. The van der Waals surface area contributed by atoms with E-state index in [1.165, 1.54) is 99.9 Å². The lowest BCUT2D eigenvalue weighted by molar-refractivity contribution is 0.0846. The maximum absolute atomic E-state index is 5.26. The Morgan fingerprint density at radius 3 is 1.66 bits per heavy atom. The number of anilines is 2. The Labute approximate surface area is 202 Å². The Hall–Kier alpha value is -1.33. The van der Waals surface area contributed by atoms with Gasteiger partial charge in [-0.3, -0.25) is 5.01 Å². The lowest BCUT2D eigenvalue weighted by Gasteiger charge is -2.40. The van der Waals surface area contributed by atoms with Crippen molar-refractivity contribution in [1.29, 1.82) is 0 Å². The van der Waals surface area contributed by atoms with E-state index in [0.717, 1.165) is 0 Å². The predicted molar refractivity (Wildman–Crippen MR) is 141 cm³/mol. The first-order valence-corrected chi connectivity index (χ1v) is 14.8. The zero-order chi connectivity index (χ0) is 21.6. The molecule has 0 radical (unpaired) electrons. The SMILES string of the molecule is C(=N\N(C1CCCCC1)C1CCCCC1)/C1CCC(N(c2cccs2)c2cccs2)CC1. The summed E-state index contributed by atoms with van der Waals surface area (Å²) in [7, 11) is 0. The Morgan fingerprint density at radius 1 is 0.656 bits per heavy atom. The molecular weight excluding hydrogens is 430 g/mol. The van der Waals surface area contributed by atoms with Gasteiger partial charge in [0.15, 0.2) is 0 Å². The van der Waals surface area contributed by atoms with Crippen molar-refractivity contribution in [2.24, 2.45) is 11.0 Å². The molecule has 2 heterocycles. The molecule has 0 amide bonds. The molecule has 0 N–H and O–H groups in total. The fraction of sp³-hybridized carbons (Fsp3) is 0.667. The normalized spacial score (nSPS) is 25.9. The Bertz CT molecular complexity index is 744. The average Bonchev–Trinajstić information content (AvgIpc) is 3.57. The molecule has 3 aliphatic carbocycles. The van der Waals surface area contributed by atoms with Gasteiger partial charge < -0.3 is 4.90 Å². The summed E-state index contributed by atoms with van der Waals surface area (Å²) < 4.78 is 0. The van der Waals surface area contributed by atoms with Gasteiger partial charge >= 0.3 is 0 Å². The highest BCUT2D eigenvalue weighted by Gasteiger charge is 2.30. The van der Waals surface area contributed by atoms with E-state index in [2.05, 4.69) is 51.1 Å². The van der Waals surface area contributed by atoms with Crippen molar-refractivity contribution in [3.63, 3.8) is 0 Å². The van der Waals surface area contributed by atoms with Crippen molar-refractivity contribution in [2.45, 2.75) is 108 Å². The molecule has 2 aromatic rings. The van der Waals surface area contributed by atoms with E-state index >= 15 is 0 Å². The Balaban J connectivity index is 1.22. The van der Waals surface area contributed by atoms with Crippen LogP contribution >= 0.6 is 22.7 Å². The van der Waals surface area contributed by atoms with Crippen LogP contribution in [0.1, 0.15) is 89.9 Å². The zero-order valence-corrected chi connectivity index (χ0v) is 21.0. The van der Waals surface area contributed by atoms with Gasteiger partial charge in [0.1, 0.15) is 0 Å². The van der Waals surface area contributed by atoms with Crippen LogP contribution in [0.5, 0.6) is 0 Å². The van der Waals surface area contributed by atoms with E-state index < -0.39 is 0 Å². The molecule has 3 fully saturated rings. The average molecular weight is 470 g/mol. The fourth-order valence-electron chi connectivity index (χ4n) is 6.14. The van der Waals surface area contributed by atoms with Gasteiger partial charge in [-0.2, -0.15) is 5.10 Å². The van der Waals surface area contributed by atoms with Crippen LogP contribution in [0.15, 0.2) is 40.1 Å². The largest absolute Gasteiger partial charge is 0.322 e. The molecule has 0 aromatic carbocycles. The lowest BCUT2D eigenvalue weighted by atomic mass is 9.86. The molecule has 0 spiro atoms. The summed E-state index contributed by atoms with van der Waals surface area (Å²) in [6.07, 6.45) is 21.3. The second-order valence-corrected chi connectivity index (χ2v) is 11.9. The molecule has 0 bridgehead atoms. The maximum Gasteiger partial charge on any atom is 0.0961 e. The summed E-state index contributed by atoms with van der Waals surface area (Å²) >= 11 is 3.74. The quantitative estimate of drug-likeness (QED) is 0.299. The van der Waals surface area contributed by atoms with E-state index in [1.807, 2.05) is 22.7 Å². The van der Waals surface area contributed by atoms with Gasteiger partial charge in [-0.05, 0) is 92.3 Å². The number of hydrogen-bond acceptors (Lipinski definition) is 5. The summed E-state index contributed by atoms with van der Waals surface area (Å²) in [6, 6.07) is 11.0. The molecule has 3 nitrogen and oxygen atoms in total. The number of rotatable bonds is 7. The van der Waals surface area contributed by atoms with Crippen molar-refractivity contribution in [2.75, 3.05) is 4.90 Å². The molecule has 5 heteroatoms. The summed E-state index contributed by atoms with van der Waals surface area (Å²) in [5, 5.41) is 15.1. The molecule has 174 valence electrons. The number of hydrazone groups is 1. The van der Waals surface area contributed by atoms with Gasteiger partial charge in [0.2, 0.25) is 0 Å². The standard InChI is InChI=1S/C27H39N3S2/c1-3-9-24(10-4-1)30(25-11-5-2-6-12-25)28-21-22-15-17-23(18-16-22)29(26-13-7-19-31-26)27-14-8-20-32-27/h7-8,13-14,19-25H,1-6,9-12,15-18H2/b28-21+. The third-order valence-electron chi connectivity index (χ3n) is 7.90. The second kappa shape index (κ2) is 11.2. The first-order valence-electron chi connectivity index (χ1n) is 13.1. The summed E-state index contributed by atoms with van der Waals surface area (Å²) in [5.74, 6) is 0.648. The van der Waals surface area contributed by atoms with Crippen molar-refractivity contribution < 1.29 is 0 Å². The highest BCUT2D eigenvalue weighted by atomic mass is 32.1. The highest BCUT2D eigenvalue weighted by molar-refractivity contribution is 7.16. The Kier molecular flexibility index (Phi) is 7.86. The molecular formula is C27H39N3S2. The molecule has 32 heavy (non-hydrogen) atoms. The minimum absolute atomic E-state index is 0.616. The van der Waals surface area contributed by atoms with Gasteiger partial charge in [-0.1, -0.05) is 38.5 Å². The summed E-state index contributed by atoms with van der Waals surface area (Å²) in [6.45, 7) is 0. The minimum atomic E-state index is 0.616. The van der Waals surface area contributed by atoms with Gasteiger partial charge in [0.25, 0.3) is 0 Å². The van der Waals surface area contributed by atoms with E-state index in [0.29, 0.717) is 24.0 Å². The molecule has 0 unspecified atom stereocenters. The summed E-state index contributed by atoms with van der Waals surface area (Å²) in [4.78, 5) is 2.61. The van der Waals surface area contributed by atoms with Crippen LogP contribution < -0.4 is 4.90 Å². The number of thiophene rings is 2. The molecule has 0 atom stereocenters. The van der Waals surface area contributed by atoms with Crippen molar-refractivity contribution in [3.05, 3.63) is 35.0 Å². The van der Waals surface area contributed by atoms with Crippen LogP contribution in [0.25, 0.3) is 0 Å². The van der Waals surface area contributed by atoms with Gasteiger partial charge in [-0.15, -0.1) is 22.7 Å². The predicted octanol–water partition coefficient (Wildman–Crippen LogP) is 8.46. The van der Waals surface area contributed by atoms with E-state index in [1.54, 1.807) is 0 Å².